The van der Waals surface area contributed by atoms with Gasteiger partial charge in [-0.15, -0.1) is 11.6 Å². The van der Waals surface area contributed by atoms with Gasteiger partial charge in [0.05, 0.1) is 12.1 Å². The average molecular weight is 275 g/mol. The quantitative estimate of drug-likeness (QED) is 0.664. The summed E-state index contributed by atoms with van der Waals surface area (Å²) in [5, 5.41) is -0.0167. The van der Waals surface area contributed by atoms with Gasteiger partial charge in [-0.2, -0.15) is 0 Å². The van der Waals surface area contributed by atoms with Crippen LogP contribution in [0.1, 0.15) is 6.92 Å². The van der Waals surface area contributed by atoms with Crippen molar-refractivity contribution in [3.05, 3.63) is 12.7 Å². The van der Waals surface area contributed by atoms with Crippen molar-refractivity contribution in [1.82, 2.24) is 19.9 Å². The van der Waals surface area contributed by atoms with Crippen LogP contribution in [-0.2, 0) is 9.84 Å². The zero-order chi connectivity index (χ0) is 12.5. The summed E-state index contributed by atoms with van der Waals surface area (Å²) in [7, 11) is -3.47. The van der Waals surface area contributed by atoms with Crippen LogP contribution in [0.15, 0.2) is 17.7 Å². The second-order valence-electron chi connectivity index (χ2n) is 3.82. The van der Waals surface area contributed by atoms with Crippen LogP contribution < -0.4 is 0 Å². The van der Waals surface area contributed by atoms with Crippen LogP contribution in [0.5, 0.6) is 0 Å². The van der Waals surface area contributed by atoms with Gasteiger partial charge in [-0.05, 0) is 5.92 Å². The zero-order valence-electron chi connectivity index (χ0n) is 9.09. The van der Waals surface area contributed by atoms with Gasteiger partial charge < -0.3 is 4.98 Å². The highest BCUT2D eigenvalue weighted by atomic mass is 35.5. The minimum Gasteiger partial charge on any atom is -0.341 e. The Bertz CT molecular complexity index is 625. The zero-order valence-corrected chi connectivity index (χ0v) is 10.7. The first-order valence-electron chi connectivity index (χ1n) is 4.97. The molecular weight excluding hydrogens is 264 g/mol. The summed E-state index contributed by atoms with van der Waals surface area (Å²) >= 11 is 5.63. The van der Waals surface area contributed by atoms with E-state index in [1.807, 2.05) is 0 Å². The van der Waals surface area contributed by atoms with Gasteiger partial charge in [0, 0.05) is 5.88 Å². The molecule has 2 rings (SSSR count). The van der Waals surface area contributed by atoms with Crippen molar-refractivity contribution >= 4 is 32.6 Å². The largest absolute Gasteiger partial charge is 0.341 e. The molecule has 0 saturated heterocycles. The molecule has 1 unspecified atom stereocenters. The molecule has 92 valence electrons. The maximum absolute atomic E-state index is 12.1. The summed E-state index contributed by atoms with van der Waals surface area (Å²) in [4.78, 5) is 14.3. The highest BCUT2D eigenvalue weighted by Gasteiger charge is 2.23. The van der Waals surface area contributed by atoms with Crippen molar-refractivity contribution in [3.63, 3.8) is 0 Å². The highest BCUT2D eigenvalue weighted by Crippen LogP contribution is 2.18. The van der Waals surface area contributed by atoms with E-state index in [0.717, 1.165) is 0 Å². The standard InChI is InChI=1S/C9H11ClN4O2S/c1-6(2-10)3-17(15,16)9-7-8(12-4-11-7)13-5-14-9/h4-6H,2-3H2,1H3,(H,11,12,13,14). The lowest BCUT2D eigenvalue weighted by Crippen LogP contribution is -2.17. The molecule has 0 amide bonds. The summed E-state index contributed by atoms with van der Waals surface area (Å²) in [5.41, 5.74) is 0.686. The molecule has 0 aromatic carbocycles. The third kappa shape index (κ3) is 2.39. The van der Waals surface area contributed by atoms with Crippen LogP contribution in [0.2, 0.25) is 0 Å². The van der Waals surface area contributed by atoms with Crippen LogP contribution in [0, 0.1) is 5.92 Å². The Labute approximate surface area is 103 Å². The number of halogens is 1. The molecule has 0 bridgehead atoms. The van der Waals surface area contributed by atoms with Gasteiger partial charge in [-0.25, -0.2) is 23.4 Å². The summed E-state index contributed by atoms with van der Waals surface area (Å²) in [6.07, 6.45) is 2.59. The fourth-order valence-electron chi connectivity index (χ4n) is 1.48. The predicted molar refractivity (Wildman–Crippen MR) is 63.6 cm³/mol. The number of aromatic amines is 1. The van der Waals surface area contributed by atoms with Crippen molar-refractivity contribution < 1.29 is 8.42 Å². The van der Waals surface area contributed by atoms with Gasteiger partial charge in [-0.3, -0.25) is 0 Å². The second kappa shape index (κ2) is 4.58. The van der Waals surface area contributed by atoms with Gasteiger partial charge in [0.2, 0.25) is 0 Å². The molecule has 17 heavy (non-hydrogen) atoms. The van der Waals surface area contributed by atoms with E-state index in [4.69, 9.17) is 11.6 Å². The smallest absolute Gasteiger partial charge is 0.198 e. The Morgan fingerprint density at radius 3 is 2.88 bits per heavy atom. The van der Waals surface area contributed by atoms with E-state index in [0.29, 0.717) is 11.2 Å². The Morgan fingerprint density at radius 2 is 2.18 bits per heavy atom. The van der Waals surface area contributed by atoms with E-state index in [2.05, 4.69) is 19.9 Å². The summed E-state index contributed by atoms with van der Waals surface area (Å²) in [5.74, 6) is 0.118. The summed E-state index contributed by atoms with van der Waals surface area (Å²) in [6.45, 7) is 1.77. The maximum Gasteiger partial charge on any atom is 0.198 e. The maximum atomic E-state index is 12.1. The van der Waals surface area contributed by atoms with Gasteiger partial charge >= 0.3 is 0 Å². The Hall–Kier alpha value is -1.21. The molecule has 0 aliphatic rings. The molecule has 0 spiro atoms. The first kappa shape index (κ1) is 12.3. The Balaban J connectivity index is 2.49. The molecule has 2 heterocycles. The number of fused-ring (bicyclic) bond motifs is 1. The van der Waals surface area contributed by atoms with E-state index < -0.39 is 9.84 Å². The molecule has 6 nitrogen and oxygen atoms in total. The third-order valence-corrected chi connectivity index (χ3v) is 4.68. The molecule has 0 fully saturated rings. The monoisotopic (exact) mass is 274 g/mol. The first-order chi connectivity index (χ1) is 8.04. The van der Waals surface area contributed by atoms with Crippen LogP contribution >= 0.6 is 11.6 Å². The molecule has 0 aliphatic heterocycles. The number of alkyl halides is 1. The number of sulfone groups is 1. The number of H-pyrrole nitrogens is 1. The summed E-state index contributed by atoms with van der Waals surface area (Å²) in [6, 6.07) is 0. The first-order valence-corrected chi connectivity index (χ1v) is 7.16. The van der Waals surface area contributed by atoms with Crippen molar-refractivity contribution in [2.45, 2.75) is 11.9 Å². The SMILES string of the molecule is CC(CCl)CS(=O)(=O)c1ncnc2nc[nH]c12. The Kier molecular flexibility index (Phi) is 3.30. The van der Waals surface area contributed by atoms with Gasteiger partial charge in [0.15, 0.2) is 20.5 Å². The molecule has 1 atom stereocenters. The fraction of sp³-hybridized carbons (Fsp3) is 0.444. The molecule has 8 heteroatoms. The van der Waals surface area contributed by atoms with E-state index in [1.54, 1.807) is 6.92 Å². The van der Waals surface area contributed by atoms with E-state index >= 15 is 0 Å². The molecule has 2 aromatic heterocycles. The topological polar surface area (TPSA) is 88.6 Å². The molecule has 0 radical (unpaired) electrons. The van der Waals surface area contributed by atoms with E-state index in [1.165, 1.54) is 12.7 Å². The number of aromatic nitrogens is 4. The van der Waals surface area contributed by atoms with E-state index in [9.17, 15) is 8.42 Å². The lowest BCUT2D eigenvalue weighted by molar-refractivity contribution is 0.580. The molecule has 0 aliphatic carbocycles. The van der Waals surface area contributed by atoms with Crippen LogP contribution in [-0.4, -0.2) is 40.0 Å². The van der Waals surface area contributed by atoms with Crippen molar-refractivity contribution in [2.75, 3.05) is 11.6 Å². The lowest BCUT2D eigenvalue weighted by atomic mass is 10.3. The van der Waals surface area contributed by atoms with Gasteiger partial charge in [-0.1, -0.05) is 6.92 Å². The van der Waals surface area contributed by atoms with Crippen molar-refractivity contribution in [1.29, 1.82) is 0 Å². The van der Waals surface area contributed by atoms with Gasteiger partial charge in [0.1, 0.15) is 11.8 Å². The van der Waals surface area contributed by atoms with Crippen molar-refractivity contribution in [3.8, 4) is 0 Å². The lowest BCUT2D eigenvalue weighted by Gasteiger charge is -2.08. The minimum absolute atomic E-state index is 0.0167. The minimum atomic E-state index is -3.47. The van der Waals surface area contributed by atoms with Crippen LogP contribution in [0.4, 0.5) is 0 Å². The molecular formula is C9H11ClN4O2S. The Morgan fingerprint density at radius 1 is 1.41 bits per heavy atom. The molecule has 0 saturated carbocycles. The number of nitrogens with one attached hydrogen (secondary N) is 1. The number of hydrogen-bond donors (Lipinski definition) is 1. The number of imidazole rings is 1. The van der Waals surface area contributed by atoms with E-state index in [-0.39, 0.29) is 22.6 Å². The normalized spacial score (nSPS) is 14.0. The average Bonchev–Trinajstić information content (AvgIpc) is 2.75. The number of rotatable bonds is 4. The highest BCUT2D eigenvalue weighted by molar-refractivity contribution is 7.91. The molecule has 2 aromatic rings. The van der Waals surface area contributed by atoms with Crippen LogP contribution in [0.3, 0.4) is 0 Å². The summed E-state index contributed by atoms with van der Waals surface area (Å²) < 4.78 is 24.2. The van der Waals surface area contributed by atoms with Gasteiger partial charge in [0.25, 0.3) is 0 Å². The molecule has 1 N–H and O–H groups in total. The fourth-order valence-corrected chi connectivity index (χ4v) is 3.41. The predicted octanol–water partition coefficient (Wildman–Crippen LogP) is 1.00. The number of nitrogens with zero attached hydrogens (tertiary/aromatic N) is 3. The number of hydrogen-bond acceptors (Lipinski definition) is 5. The van der Waals surface area contributed by atoms with Crippen LogP contribution in [0.25, 0.3) is 11.2 Å². The second-order valence-corrected chi connectivity index (χ2v) is 6.08. The third-order valence-electron chi connectivity index (χ3n) is 2.25. The van der Waals surface area contributed by atoms with Crippen molar-refractivity contribution in [2.24, 2.45) is 5.92 Å².